The number of hydrogen-bond donors (Lipinski definition) is 1. The number of anilines is 1. The van der Waals surface area contributed by atoms with Gasteiger partial charge in [0.1, 0.15) is 5.75 Å². The first-order chi connectivity index (χ1) is 11.8. The molecule has 1 atom stereocenters. The second-order valence-electron chi connectivity index (χ2n) is 6.35. The van der Waals surface area contributed by atoms with Gasteiger partial charge in [-0.2, -0.15) is 0 Å². The Bertz CT molecular complexity index is 918. The third-order valence-electron chi connectivity index (χ3n) is 4.82. The van der Waals surface area contributed by atoms with Crippen LogP contribution in [-0.4, -0.2) is 5.72 Å². The quantitative estimate of drug-likeness (QED) is 0.684. The van der Waals surface area contributed by atoms with Crippen molar-refractivity contribution in [3.05, 3.63) is 95.6 Å². The summed E-state index contributed by atoms with van der Waals surface area (Å²) in [5, 5.41) is 3.65. The monoisotopic (exact) mass is 311 g/mol. The van der Waals surface area contributed by atoms with E-state index in [0.717, 1.165) is 23.4 Å². The lowest BCUT2D eigenvalue weighted by Gasteiger charge is -2.37. The minimum Gasteiger partial charge on any atom is -0.463 e. The van der Waals surface area contributed by atoms with Gasteiger partial charge in [-0.25, -0.2) is 0 Å². The third kappa shape index (κ3) is 1.96. The summed E-state index contributed by atoms with van der Waals surface area (Å²) in [7, 11) is 0. The molecular formula is C22H17NO. The lowest BCUT2D eigenvalue weighted by Crippen LogP contribution is -2.45. The first-order valence-corrected chi connectivity index (χ1v) is 8.26. The number of fused-ring (bicyclic) bond motifs is 2. The lowest BCUT2D eigenvalue weighted by atomic mass is 9.88. The summed E-state index contributed by atoms with van der Waals surface area (Å²) in [5.74, 6) is 0.928. The van der Waals surface area contributed by atoms with Crippen LogP contribution in [0.3, 0.4) is 0 Å². The van der Waals surface area contributed by atoms with Crippen molar-refractivity contribution in [3.8, 4) is 5.75 Å². The zero-order valence-electron chi connectivity index (χ0n) is 13.2. The maximum atomic E-state index is 6.55. The molecule has 1 spiro atoms. The van der Waals surface area contributed by atoms with Crippen molar-refractivity contribution < 1.29 is 4.74 Å². The summed E-state index contributed by atoms with van der Waals surface area (Å²) >= 11 is 0. The van der Waals surface area contributed by atoms with Crippen LogP contribution in [-0.2, 0) is 6.42 Å². The molecule has 2 heterocycles. The van der Waals surface area contributed by atoms with Gasteiger partial charge < -0.3 is 10.1 Å². The molecule has 0 bridgehead atoms. The van der Waals surface area contributed by atoms with E-state index in [9.17, 15) is 0 Å². The Morgan fingerprint density at radius 1 is 0.792 bits per heavy atom. The van der Waals surface area contributed by atoms with Crippen molar-refractivity contribution in [2.45, 2.75) is 12.1 Å². The molecule has 0 aromatic heterocycles. The highest BCUT2D eigenvalue weighted by Crippen LogP contribution is 2.46. The SMILES string of the molecule is C1=C(c2ccccc2)C2(Cc3ccccc3N2)Oc2ccccc21. The largest absolute Gasteiger partial charge is 0.463 e. The molecule has 3 aromatic carbocycles. The number of rotatable bonds is 1. The van der Waals surface area contributed by atoms with Crippen molar-refractivity contribution in [3.63, 3.8) is 0 Å². The van der Waals surface area contributed by atoms with Gasteiger partial charge in [-0.05, 0) is 29.3 Å². The van der Waals surface area contributed by atoms with E-state index in [4.69, 9.17) is 4.74 Å². The highest BCUT2D eigenvalue weighted by Gasteiger charge is 2.45. The number of hydrogen-bond acceptors (Lipinski definition) is 2. The number of para-hydroxylation sites is 2. The summed E-state index contributed by atoms with van der Waals surface area (Å²) in [6.45, 7) is 0. The second-order valence-corrected chi connectivity index (χ2v) is 6.35. The molecule has 2 nitrogen and oxygen atoms in total. The third-order valence-corrected chi connectivity index (χ3v) is 4.82. The van der Waals surface area contributed by atoms with E-state index in [1.165, 1.54) is 16.7 Å². The fourth-order valence-electron chi connectivity index (χ4n) is 3.69. The first kappa shape index (κ1) is 13.4. The molecule has 1 unspecified atom stereocenters. The van der Waals surface area contributed by atoms with Gasteiger partial charge in [0.25, 0.3) is 0 Å². The van der Waals surface area contributed by atoms with E-state index in [-0.39, 0.29) is 0 Å². The normalized spacial score (nSPS) is 20.6. The highest BCUT2D eigenvalue weighted by molar-refractivity contribution is 5.92. The van der Waals surface area contributed by atoms with Crippen LogP contribution in [0.4, 0.5) is 5.69 Å². The van der Waals surface area contributed by atoms with Crippen molar-refractivity contribution in [1.82, 2.24) is 0 Å². The highest BCUT2D eigenvalue weighted by atomic mass is 16.5. The Kier molecular flexibility index (Phi) is 2.80. The molecule has 2 aliphatic rings. The van der Waals surface area contributed by atoms with E-state index in [1.54, 1.807) is 0 Å². The zero-order chi connectivity index (χ0) is 16.0. The molecule has 2 aliphatic heterocycles. The molecule has 3 aromatic rings. The summed E-state index contributed by atoms with van der Waals surface area (Å²) in [6.07, 6.45) is 3.07. The van der Waals surface area contributed by atoms with Gasteiger partial charge >= 0.3 is 0 Å². The fourth-order valence-corrected chi connectivity index (χ4v) is 3.69. The Morgan fingerprint density at radius 2 is 1.54 bits per heavy atom. The van der Waals surface area contributed by atoms with Crippen LogP contribution in [0.25, 0.3) is 11.6 Å². The lowest BCUT2D eigenvalue weighted by molar-refractivity contribution is 0.166. The molecule has 0 saturated carbocycles. The topological polar surface area (TPSA) is 21.3 Å². The number of benzene rings is 3. The zero-order valence-corrected chi connectivity index (χ0v) is 13.2. The molecule has 1 N–H and O–H groups in total. The molecule has 0 aliphatic carbocycles. The van der Waals surface area contributed by atoms with Crippen molar-refractivity contribution >= 4 is 17.3 Å². The molecular weight excluding hydrogens is 294 g/mol. The standard InChI is InChI=1S/C22H17NO/c1-2-8-16(9-3-1)19-14-17-10-5-7-13-21(17)24-22(19)15-18-11-4-6-12-20(18)23-22/h1-14,23H,15H2. The van der Waals surface area contributed by atoms with Crippen molar-refractivity contribution in [2.24, 2.45) is 0 Å². The van der Waals surface area contributed by atoms with Crippen LogP contribution in [0.5, 0.6) is 5.75 Å². The van der Waals surface area contributed by atoms with Crippen LogP contribution in [0, 0.1) is 0 Å². The van der Waals surface area contributed by atoms with E-state index in [2.05, 4.69) is 72.1 Å². The van der Waals surface area contributed by atoms with Crippen LogP contribution in [0.2, 0.25) is 0 Å². The fraction of sp³-hybridized carbons (Fsp3) is 0.0909. The average Bonchev–Trinajstić information content (AvgIpc) is 3.00. The smallest absolute Gasteiger partial charge is 0.211 e. The minimum absolute atomic E-state index is 0.542. The summed E-state index contributed by atoms with van der Waals surface area (Å²) in [4.78, 5) is 0. The van der Waals surface area contributed by atoms with Gasteiger partial charge in [-0.1, -0.05) is 66.7 Å². The van der Waals surface area contributed by atoms with Crippen LogP contribution >= 0.6 is 0 Å². The van der Waals surface area contributed by atoms with E-state index in [1.807, 2.05) is 18.2 Å². The van der Waals surface area contributed by atoms with Crippen molar-refractivity contribution in [1.29, 1.82) is 0 Å². The molecule has 0 fully saturated rings. The van der Waals surface area contributed by atoms with Crippen LogP contribution < -0.4 is 10.1 Å². The predicted octanol–water partition coefficient (Wildman–Crippen LogP) is 4.98. The Hall–Kier alpha value is -3.00. The Balaban J connectivity index is 1.70. The van der Waals surface area contributed by atoms with E-state index < -0.39 is 5.72 Å². The summed E-state index contributed by atoms with van der Waals surface area (Å²) in [6, 6.07) is 27.2. The summed E-state index contributed by atoms with van der Waals surface area (Å²) in [5.41, 5.74) is 5.39. The minimum atomic E-state index is -0.542. The Labute approximate surface area is 141 Å². The van der Waals surface area contributed by atoms with E-state index in [0.29, 0.717) is 0 Å². The predicted molar refractivity (Wildman–Crippen MR) is 97.9 cm³/mol. The van der Waals surface area contributed by atoms with Gasteiger partial charge in [-0.15, -0.1) is 0 Å². The van der Waals surface area contributed by atoms with Crippen molar-refractivity contribution in [2.75, 3.05) is 5.32 Å². The molecule has 0 radical (unpaired) electrons. The van der Waals surface area contributed by atoms with Crippen LogP contribution in [0.1, 0.15) is 16.7 Å². The van der Waals surface area contributed by atoms with Gasteiger partial charge in [0.2, 0.25) is 5.72 Å². The van der Waals surface area contributed by atoms with Gasteiger partial charge in [0.05, 0.1) is 0 Å². The average molecular weight is 311 g/mol. The first-order valence-electron chi connectivity index (χ1n) is 8.26. The van der Waals surface area contributed by atoms with Gasteiger partial charge in [0, 0.05) is 23.2 Å². The molecule has 0 amide bonds. The summed E-state index contributed by atoms with van der Waals surface area (Å²) < 4.78 is 6.55. The molecule has 24 heavy (non-hydrogen) atoms. The number of nitrogens with one attached hydrogen (secondary N) is 1. The van der Waals surface area contributed by atoms with Gasteiger partial charge in [-0.3, -0.25) is 0 Å². The maximum Gasteiger partial charge on any atom is 0.211 e. The molecule has 0 saturated heterocycles. The molecule has 2 heteroatoms. The Morgan fingerprint density at radius 3 is 2.42 bits per heavy atom. The molecule has 5 rings (SSSR count). The van der Waals surface area contributed by atoms with Crippen LogP contribution in [0.15, 0.2) is 78.9 Å². The van der Waals surface area contributed by atoms with Gasteiger partial charge in [0.15, 0.2) is 0 Å². The molecule has 116 valence electrons. The number of ether oxygens (including phenoxy) is 1. The second kappa shape index (κ2) is 5.00. The maximum absolute atomic E-state index is 6.55. The van der Waals surface area contributed by atoms with E-state index >= 15 is 0 Å².